The highest BCUT2D eigenvalue weighted by Crippen LogP contribution is 2.40. The second-order valence-electron chi connectivity index (χ2n) is 10.6. The van der Waals surface area contributed by atoms with Gasteiger partial charge in [0.25, 0.3) is 0 Å². The Balaban J connectivity index is 1.51. The average Bonchev–Trinajstić information content (AvgIpc) is 3.19. The second-order valence-corrected chi connectivity index (χ2v) is 11.9. The van der Waals surface area contributed by atoms with E-state index in [1.807, 2.05) is 25.3 Å². The van der Waals surface area contributed by atoms with Gasteiger partial charge in [0.1, 0.15) is 23.4 Å². The van der Waals surface area contributed by atoms with E-state index in [-0.39, 0.29) is 0 Å². The summed E-state index contributed by atoms with van der Waals surface area (Å²) < 4.78 is 6.23. The predicted octanol–water partition coefficient (Wildman–Crippen LogP) is 7.03. The molecule has 7 nitrogen and oxygen atoms in total. The van der Waals surface area contributed by atoms with Gasteiger partial charge in [-0.1, -0.05) is 48.7 Å². The van der Waals surface area contributed by atoms with Crippen molar-refractivity contribution in [3.05, 3.63) is 63.0 Å². The number of pyridine rings is 2. The lowest BCUT2D eigenvalue weighted by Crippen LogP contribution is -2.53. The molecule has 1 aliphatic rings. The molecule has 10 heteroatoms. The molecule has 37 heavy (non-hydrogen) atoms. The molecule has 1 unspecified atom stereocenters. The Morgan fingerprint density at radius 1 is 1.05 bits per heavy atom. The number of benzene rings is 1. The fourth-order valence-electron chi connectivity index (χ4n) is 4.90. The molecule has 0 aliphatic carbocycles. The molecular weight excluding hydrogens is 531 g/mol. The quantitative estimate of drug-likeness (QED) is 0.262. The molecule has 194 valence electrons. The first-order valence-corrected chi connectivity index (χ1v) is 13.2. The summed E-state index contributed by atoms with van der Waals surface area (Å²) in [5.74, 6) is 1.54. The van der Waals surface area contributed by atoms with Crippen LogP contribution in [0.1, 0.15) is 38.0 Å². The van der Waals surface area contributed by atoms with E-state index in [2.05, 4.69) is 59.0 Å². The number of ether oxygens (including phenoxy) is 1. The van der Waals surface area contributed by atoms with Crippen molar-refractivity contribution in [1.82, 2.24) is 25.1 Å². The molecule has 1 N–H and O–H groups in total. The first kappa shape index (κ1) is 26.0. The molecule has 1 atom stereocenters. The first-order chi connectivity index (χ1) is 17.5. The molecule has 0 radical (unpaired) electrons. The number of hydrogen-bond donors (Lipinski definition) is 1. The van der Waals surface area contributed by atoms with Gasteiger partial charge in [-0.25, -0.2) is 4.98 Å². The van der Waals surface area contributed by atoms with Gasteiger partial charge in [-0.05, 0) is 44.6 Å². The van der Waals surface area contributed by atoms with E-state index in [1.54, 1.807) is 12.4 Å². The van der Waals surface area contributed by atoms with E-state index in [0.29, 0.717) is 31.8 Å². The smallest absolute Gasteiger partial charge is 0.139 e. The maximum absolute atomic E-state index is 6.58. The maximum atomic E-state index is 6.58. The van der Waals surface area contributed by atoms with Crippen molar-refractivity contribution in [2.24, 2.45) is 5.41 Å². The van der Waals surface area contributed by atoms with Crippen LogP contribution in [-0.4, -0.2) is 52.3 Å². The van der Waals surface area contributed by atoms with Gasteiger partial charge in [0, 0.05) is 60.3 Å². The Kier molecular flexibility index (Phi) is 7.00. The lowest BCUT2D eigenvalue weighted by atomic mass is 9.84. The van der Waals surface area contributed by atoms with Gasteiger partial charge < -0.3 is 14.5 Å². The summed E-state index contributed by atoms with van der Waals surface area (Å²) in [7, 11) is 4.13. The van der Waals surface area contributed by atoms with Crippen LogP contribution in [-0.2, 0) is 6.54 Å². The Hall–Kier alpha value is -2.58. The number of aromatic amines is 1. The molecule has 5 rings (SSSR count). The SMILES string of the molecule is CC(Oc1cc2c(-c3cnc(N4CC(C)(C)C4)c(CN(C)C)c3)n[nH]c2cc1Cl)c1c(Cl)cncc1Cl. The standard InChI is InChI=1S/C27H29Cl3N6O/c1-15(24-20(29)10-31-11-21(24)30)37-23-7-18-22(8-19(23)28)33-34-25(18)16-6-17(12-35(4)5)26(32-9-16)36-13-27(2,3)14-36/h6-11,15H,12-14H2,1-5H3,(H,33,34). The number of nitrogens with zero attached hydrogens (tertiary/aromatic N) is 5. The van der Waals surface area contributed by atoms with Crippen LogP contribution in [0.2, 0.25) is 15.1 Å². The third kappa shape index (κ3) is 5.23. The molecule has 1 fully saturated rings. The van der Waals surface area contributed by atoms with Gasteiger partial charge in [0.05, 0.1) is 20.6 Å². The van der Waals surface area contributed by atoms with E-state index in [9.17, 15) is 0 Å². The van der Waals surface area contributed by atoms with Gasteiger partial charge in [-0.2, -0.15) is 5.10 Å². The molecular formula is C27H29Cl3N6O. The number of aromatic nitrogens is 4. The summed E-state index contributed by atoms with van der Waals surface area (Å²) >= 11 is 19.3. The van der Waals surface area contributed by atoms with Gasteiger partial charge in [-0.3, -0.25) is 10.1 Å². The maximum Gasteiger partial charge on any atom is 0.139 e. The number of fused-ring (bicyclic) bond motifs is 1. The number of halogens is 3. The van der Waals surface area contributed by atoms with Crippen molar-refractivity contribution in [3.8, 4) is 17.0 Å². The van der Waals surface area contributed by atoms with Gasteiger partial charge >= 0.3 is 0 Å². The zero-order valence-corrected chi connectivity index (χ0v) is 23.7. The summed E-state index contributed by atoms with van der Waals surface area (Å²) in [6, 6.07) is 5.89. The fourth-order valence-corrected chi connectivity index (χ4v) is 5.78. The van der Waals surface area contributed by atoms with Crippen LogP contribution in [0.4, 0.5) is 5.82 Å². The van der Waals surface area contributed by atoms with Crippen LogP contribution in [0.25, 0.3) is 22.2 Å². The van der Waals surface area contributed by atoms with Crippen molar-refractivity contribution >= 4 is 51.5 Å². The minimum Gasteiger partial charge on any atom is -0.484 e. The van der Waals surface area contributed by atoms with Crippen LogP contribution in [0, 0.1) is 5.41 Å². The van der Waals surface area contributed by atoms with Crippen LogP contribution < -0.4 is 9.64 Å². The number of H-pyrrole nitrogens is 1. The highest BCUT2D eigenvalue weighted by molar-refractivity contribution is 6.36. The predicted molar refractivity (Wildman–Crippen MR) is 151 cm³/mol. The first-order valence-electron chi connectivity index (χ1n) is 12.0. The van der Waals surface area contributed by atoms with Crippen LogP contribution in [0.15, 0.2) is 36.8 Å². The van der Waals surface area contributed by atoms with Crippen molar-refractivity contribution in [1.29, 1.82) is 0 Å². The van der Waals surface area contributed by atoms with E-state index in [4.69, 9.17) is 44.5 Å². The Bertz CT molecular complexity index is 1440. The van der Waals surface area contributed by atoms with E-state index >= 15 is 0 Å². The Labute approximate surface area is 231 Å². The van der Waals surface area contributed by atoms with Gasteiger partial charge in [0.15, 0.2) is 0 Å². The largest absolute Gasteiger partial charge is 0.484 e. The Morgan fingerprint density at radius 2 is 1.76 bits per heavy atom. The number of rotatable bonds is 7. The highest BCUT2D eigenvalue weighted by Gasteiger charge is 2.36. The van der Waals surface area contributed by atoms with Crippen molar-refractivity contribution in [3.63, 3.8) is 0 Å². The number of anilines is 1. The van der Waals surface area contributed by atoms with E-state index in [0.717, 1.165) is 53.2 Å². The van der Waals surface area contributed by atoms with Crippen LogP contribution in [0.3, 0.4) is 0 Å². The zero-order chi connectivity index (χ0) is 26.5. The normalized spacial score (nSPS) is 15.8. The third-order valence-corrected chi connectivity index (χ3v) is 7.35. The molecule has 1 aromatic carbocycles. The van der Waals surface area contributed by atoms with Crippen molar-refractivity contribution in [2.75, 3.05) is 32.1 Å². The molecule has 4 heterocycles. The highest BCUT2D eigenvalue weighted by atomic mass is 35.5. The fraction of sp³-hybridized carbons (Fsp3) is 0.370. The molecule has 3 aromatic heterocycles. The summed E-state index contributed by atoms with van der Waals surface area (Å²) in [4.78, 5) is 13.4. The monoisotopic (exact) mass is 558 g/mol. The van der Waals surface area contributed by atoms with Crippen LogP contribution >= 0.6 is 34.8 Å². The topological polar surface area (TPSA) is 70.2 Å². The number of nitrogens with one attached hydrogen (secondary N) is 1. The molecule has 4 aromatic rings. The van der Waals surface area contributed by atoms with E-state index < -0.39 is 6.10 Å². The van der Waals surface area contributed by atoms with Gasteiger partial charge in [-0.15, -0.1) is 0 Å². The minimum atomic E-state index is -0.443. The summed E-state index contributed by atoms with van der Waals surface area (Å²) in [5.41, 5.74) is 4.65. The third-order valence-electron chi connectivity index (χ3n) is 6.46. The molecule has 0 amide bonds. The molecule has 0 bridgehead atoms. The zero-order valence-electron chi connectivity index (χ0n) is 21.4. The summed E-state index contributed by atoms with van der Waals surface area (Å²) in [6.07, 6.45) is 4.54. The molecule has 1 aliphatic heterocycles. The summed E-state index contributed by atoms with van der Waals surface area (Å²) in [6.45, 7) is 9.20. The summed E-state index contributed by atoms with van der Waals surface area (Å²) in [5, 5.41) is 9.92. The van der Waals surface area contributed by atoms with E-state index in [1.165, 1.54) is 0 Å². The molecule has 1 saturated heterocycles. The molecule has 0 spiro atoms. The van der Waals surface area contributed by atoms with Crippen molar-refractivity contribution in [2.45, 2.75) is 33.4 Å². The Morgan fingerprint density at radius 3 is 2.41 bits per heavy atom. The lowest BCUT2D eigenvalue weighted by Gasteiger charge is -2.47. The average molecular weight is 560 g/mol. The van der Waals surface area contributed by atoms with Crippen molar-refractivity contribution < 1.29 is 4.74 Å². The lowest BCUT2D eigenvalue weighted by molar-refractivity contribution is 0.227. The molecule has 0 saturated carbocycles. The van der Waals surface area contributed by atoms with Crippen LogP contribution in [0.5, 0.6) is 5.75 Å². The minimum absolute atomic E-state index is 0.311. The second kappa shape index (κ2) is 9.95. The number of hydrogen-bond acceptors (Lipinski definition) is 6. The van der Waals surface area contributed by atoms with Gasteiger partial charge in [0.2, 0.25) is 0 Å².